The molecule has 3 rings (SSSR count). The number of benzene rings is 1. The summed E-state index contributed by atoms with van der Waals surface area (Å²) in [4.78, 5) is 19.4. The summed E-state index contributed by atoms with van der Waals surface area (Å²) < 4.78 is 5.20. The molecule has 0 unspecified atom stereocenters. The van der Waals surface area contributed by atoms with E-state index in [-0.39, 0.29) is 5.56 Å². The molecule has 3 aromatic rings. The average molecular weight is 281 g/mol. The van der Waals surface area contributed by atoms with Crippen molar-refractivity contribution in [2.45, 2.75) is 6.92 Å². The second-order valence-corrected chi connectivity index (χ2v) is 4.47. The molecule has 2 heterocycles. The van der Waals surface area contributed by atoms with Crippen molar-refractivity contribution in [1.82, 2.24) is 15.1 Å². The first-order valence-electron chi connectivity index (χ1n) is 6.25. The SMILES string of the molecule is Cc1cccc(-c2nc(-c3ccc(C(=O)O)cc3)no2)n1. The highest BCUT2D eigenvalue weighted by atomic mass is 16.5. The number of nitrogens with zero attached hydrogens (tertiary/aromatic N) is 3. The molecular formula is C15H11N3O3. The molecule has 0 aliphatic rings. The van der Waals surface area contributed by atoms with Gasteiger partial charge in [0.05, 0.1) is 5.56 Å². The molecule has 0 bridgehead atoms. The molecule has 2 aromatic heterocycles. The predicted molar refractivity (Wildman–Crippen MR) is 74.7 cm³/mol. The van der Waals surface area contributed by atoms with Gasteiger partial charge in [-0.05, 0) is 31.2 Å². The number of rotatable bonds is 3. The van der Waals surface area contributed by atoms with E-state index in [2.05, 4.69) is 15.1 Å². The molecule has 0 fully saturated rings. The minimum Gasteiger partial charge on any atom is -0.478 e. The minimum absolute atomic E-state index is 0.211. The van der Waals surface area contributed by atoms with Crippen LogP contribution < -0.4 is 0 Å². The number of carboxylic acid groups (broad SMARTS) is 1. The van der Waals surface area contributed by atoms with Gasteiger partial charge in [-0.3, -0.25) is 0 Å². The van der Waals surface area contributed by atoms with E-state index in [9.17, 15) is 4.79 Å². The third kappa shape index (κ3) is 2.64. The molecule has 0 radical (unpaired) electrons. The number of aryl methyl sites for hydroxylation is 1. The van der Waals surface area contributed by atoms with Gasteiger partial charge in [0.25, 0.3) is 5.89 Å². The van der Waals surface area contributed by atoms with Gasteiger partial charge in [-0.15, -0.1) is 0 Å². The number of hydrogen-bond acceptors (Lipinski definition) is 5. The van der Waals surface area contributed by atoms with Gasteiger partial charge < -0.3 is 9.63 Å². The normalized spacial score (nSPS) is 10.5. The molecule has 0 saturated carbocycles. The van der Waals surface area contributed by atoms with Crippen LogP contribution >= 0.6 is 0 Å². The van der Waals surface area contributed by atoms with Crippen LogP contribution in [-0.4, -0.2) is 26.2 Å². The number of carboxylic acids is 1. The van der Waals surface area contributed by atoms with Crippen LogP contribution in [0.1, 0.15) is 16.1 Å². The maximum absolute atomic E-state index is 10.8. The number of pyridine rings is 1. The number of aromatic carboxylic acids is 1. The van der Waals surface area contributed by atoms with Crippen LogP contribution in [0.2, 0.25) is 0 Å². The molecule has 0 atom stereocenters. The molecule has 1 aromatic carbocycles. The number of hydrogen-bond donors (Lipinski definition) is 1. The highest BCUT2D eigenvalue weighted by Gasteiger charge is 2.12. The van der Waals surface area contributed by atoms with E-state index in [1.54, 1.807) is 18.2 Å². The Morgan fingerprint density at radius 1 is 1.10 bits per heavy atom. The van der Waals surface area contributed by atoms with Gasteiger partial charge in [0.2, 0.25) is 5.82 Å². The predicted octanol–water partition coefficient (Wildman–Crippen LogP) is 2.81. The summed E-state index contributed by atoms with van der Waals surface area (Å²) in [6, 6.07) is 11.8. The quantitative estimate of drug-likeness (QED) is 0.794. The molecule has 0 aliphatic heterocycles. The van der Waals surface area contributed by atoms with Gasteiger partial charge in [0, 0.05) is 11.3 Å². The first-order chi connectivity index (χ1) is 10.1. The lowest BCUT2D eigenvalue weighted by Crippen LogP contribution is -1.95. The Hall–Kier alpha value is -3.02. The van der Waals surface area contributed by atoms with Crippen molar-refractivity contribution in [3.63, 3.8) is 0 Å². The fraction of sp³-hybridized carbons (Fsp3) is 0.0667. The third-order valence-corrected chi connectivity index (χ3v) is 2.92. The average Bonchev–Trinajstić information content (AvgIpc) is 2.97. The zero-order valence-corrected chi connectivity index (χ0v) is 11.1. The van der Waals surface area contributed by atoms with Crippen molar-refractivity contribution < 1.29 is 14.4 Å². The van der Waals surface area contributed by atoms with Crippen molar-refractivity contribution in [2.24, 2.45) is 0 Å². The van der Waals surface area contributed by atoms with Crippen LogP contribution in [0, 0.1) is 6.92 Å². The smallest absolute Gasteiger partial charge is 0.335 e. The van der Waals surface area contributed by atoms with Crippen LogP contribution in [0.4, 0.5) is 0 Å². The van der Waals surface area contributed by atoms with E-state index in [1.807, 2.05) is 19.1 Å². The van der Waals surface area contributed by atoms with Crippen molar-refractivity contribution in [3.05, 3.63) is 53.7 Å². The summed E-state index contributed by atoms with van der Waals surface area (Å²) >= 11 is 0. The highest BCUT2D eigenvalue weighted by Crippen LogP contribution is 2.21. The Labute approximate surface area is 120 Å². The van der Waals surface area contributed by atoms with Crippen LogP contribution in [0.25, 0.3) is 23.0 Å². The summed E-state index contributed by atoms with van der Waals surface area (Å²) in [7, 11) is 0. The Kier molecular flexibility index (Phi) is 3.19. The molecule has 0 spiro atoms. The number of carbonyl (C=O) groups is 1. The van der Waals surface area contributed by atoms with Crippen LogP contribution in [-0.2, 0) is 0 Å². The van der Waals surface area contributed by atoms with E-state index in [0.29, 0.717) is 23.0 Å². The van der Waals surface area contributed by atoms with E-state index >= 15 is 0 Å². The lowest BCUT2D eigenvalue weighted by molar-refractivity contribution is 0.0697. The van der Waals surface area contributed by atoms with Crippen molar-refractivity contribution in [1.29, 1.82) is 0 Å². The zero-order chi connectivity index (χ0) is 14.8. The van der Waals surface area contributed by atoms with Gasteiger partial charge in [0.15, 0.2) is 0 Å². The number of aromatic nitrogens is 3. The largest absolute Gasteiger partial charge is 0.478 e. The van der Waals surface area contributed by atoms with Crippen molar-refractivity contribution >= 4 is 5.97 Å². The summed E-state index contributed by atoms with van der Waals surface area (Å²) in [6.45, 7) is 1.88. The summed E-state index contributed by atoms with van der Waals surface area (Å²) in [6.07, 6.45) is 0. The Morgan fingerprint density at radius 3 is 2.52 bits per heavy atom. The zero-order valence-electron chi connectivity index (χ0n) is 11.1. The Bertz CT molecular complexity index is 794. The van der Waals surface area contributed by atoms with Gasteiger partial charge in [-0.1, -0.05) is 23.4 Å². The second kappa shape index (κ2) is 5.16. The fourth-order valence-electron chi connectivity index (χ4n) is 1.87. The summed E-state index contributed by atoms with van der Waals surface area (Å²) in [5, 5.41) is 12.8. The van der Waals surface area contributed by atoms with E-state index in [4.69, 9.17) is 9.63 Å². The van der Waals surface area contributed by atoms with Crippen molar-refractivity contribution in [3.8, 4) is 23.0 Å². The molecule has 0 aliphatic carbocycles. The van der Waals surface area contributed by atoms with Gasteiger partial charge in [0.1, 0.15) is 5.69 Å². The van der Waals surface area contributed by atoms with Crippen LogP contribution in [0.3, 0.4) is 0 Å². The van der Waals surface area contributed by atoms with Gasteiger partial charge >= 0.3 is 5.97 Å². The lowest BCUT2D eigenvalue weighted by Gasteiger charge is -1.96. The van der Waals surface area contributed by atoms with Crippen molar-refractivity contribution in [2.75, 3.05) is 0 Å². The highest BCUT2D eigenvalue weighted by molar-refractivity contribution is 5.88. The maximum Gasteiger partial charge on any atom is 0.335 e. The van der Waals surface area contributed by atoms with E-state index in [0.717, 1.165) is 5.69 Å². The summed E-state index contributed by atoms with van der Waals surface area (Å²) in [5.41, 5.74) is 2.36. The maximum atomic E-state index is 10.8. The molecule has 1 N–H and O–H groups in total. The van der Waals surface area contributed by atoms with Gasteiger partial charge in [-0.2, -0.15) is 4.98 Å². The second-order valence-electron chi connectivity index (χ2n) is 4.47. The Morgan fingerprint density at radius 2 is 1.86 bits per heavy atom. The molecule has 6 heteroatoms. The van der Waals surface area contributed by atoms with Crippen LogP contribution in [0.5, 0.6) is 0 Å². The monoisotopic (exact) mass is 281 g/mol. The van der Waals surface area contributed by atoms with E-state index < -0.39 is 5.97 Å². The van der Waals surface area contributed by atoms with Gasteiger partial charge in [-0.25, -0.2) is 9.78 Å². The minimum atomic E-state index is -0.973. The first kappa shape index (κ1) is 13.0. The Balaban J connectivity index is 1.93. The van der Waals surface area contributed by atoms with Crippen LogP contribution in [0.15, 0.2) is 47.0 Å². The standard InChI is InChI=1S/C15H11N3O3/c1-9-3-2-4-12(16-9)14-17-13(18-21-14)10-5-7-11(8-6-10)15(19)20/h2-8H,1H3,(H,19,20). The molecule has 104 valence electrons. The molecule has 21 heavy (non-hydrogen) atoms. The molecule has 0 saturated heterocycles. The van der Waals surface area contributed by atoms with E-state index in [1.165, 1.54) is 12.1 Å². The fourth-order valence-corrected chi connectivity index (χ4v) is 1.87. The lowest BCUT2D eigenvalue weighted by atomic mass is 10.1. The third-order valence-electron chi connectivity index (χ3n) is 2.92. The molecular weight excluding hydrogens is 270 g/mol. The summed E-state index contributed by atoms with van der Waals surface area (Å²) in [5.74, 6) is -0.249. The molecule has 6 nitrogen and oxygen atoms in total. The molecule has 0 amide bonds. The first-order valence-corrected chi connectivity index (χ1v) is 6.25. The topological polar surface area (TPSA) is 89.1 Å².